The Morgan fingerprint density at radius 2 is 1.76 bits per heavy atom. The van der Waals surface area contributed by atoms with E-state index in [-0.39, 0.29) is 0 Å². The van der Waals surface area contributed by atoms with E-state index in [1.54, 1.807) is 7.11 Å². The molecule has 2 aromatic rings. The molecule has 1 N–H and O–H groups in total. The van der Waals surface area contributed by atoms with Gasteiger partial charge in [-0.25, -0.2) is 0 Å². The fourth-order valence-corrected chi connectivity index (χ4v) is 3.63. The van der Waals surface area contributed by atoms with Crippen LogP contribution in [0.3, 0.4) is 0 Å². The number of aliphatic hydroxyl groups is 1. The molecule has 2 heterocycles. The van der Waals surface area contributed by atoms with Crippen molar-refractivity contribution in [3.05, 3.63) is 65.7 Å². The zero-order valence-electron chi connectivity index (χ0n) is 16.5. The molecule has 6 atom stereocenters. The minimum Gasteiger partial charge on any atom is -0.497 e. The quantitative estimate of drug-likeness (QED) is 0.795. The zero-order valence-corrected chi connectivity index (χ0v) is 16.5. The highest BCUT2D eigenvalue weighted by molar-refractivity contribution is 5.26. The van der Waals surface area contributed by atoms with E-state index < -0.39 is 37.0 Å². The smallest absolute Gasteiger partial charge is 0.186 e. The minimum atomic E-state index is -0.924. The molecule has 2 aromatic carbocycles. The molecule has 2 fully saturated rings. The summed E-state index contributed by atoms with van der Waals surface area (Å²) in [5, 5.41) is 11.0. The second kappa shape index (κ2) is 9.21. The largest absolute Gasteiger partial charge is 0.497 e. The summed E-state index contributed by atoms with van der Waals surface area (Å²) in [6.45, 7) is 0.595. The number of hydrogen-bond acceptors (Lipinski definition) is 7. The number of hydrogen-bond donors (Lipinski definition) is 1. The Bertz CT molecular complexity index is 766. The van der Waals surface area contributed by atoms with Gasteiger partial charge >= 0.3 is 0 Å². The van der Waals surface area contributed by atoms with E-state index in [1.807, 2.05) is 54.6 Å². The van der Waals surface area contributed by atoms with Gasteiger partial charge in [-0.1, -0.05) is 42.5 Å². The summed E-state index contributed by atoms with van der Waals surface area (Å²) < 4.78 is 34.4. The van der Waals surface area contributed by atoms with Crippen LogP contribution in [-0.2, 0) is 30.3 Å². The third kappa shape index (κ3) is 4.45. The van der Waals surface area contributed by atoms with Crippen molar-refractivity contribution < 1.29 is 33.5 Å². The van der Waals surface area contributed by atoms with Crippen LogP contribution in [0.1, 0.15) is 17.4 Å². The van der Waals surface area contributed by atoms with Crippen LogP contribution in [0.4, 0.5) is 0 Å². The maximum Gasteiger partial charge on any atom is 0.186 e. The molecular formula is C22H26O7. The summed E-state index contributed by atoms with van der Waals surface area (Å²) in [7, 11) is 3.15. The molecule has 7 nitrogen and oxygen atoms in total. The van der Waals surface area contributed by atoms with Crippen molar-refractivity contribution in [1.82, 2.24) is 0 Å². The summed E-state index contributed by atoms with van der Waals surface area (Å²) in [6, 6.07) is 17.2. The van der Waals surface area contributed by atoms with Crippen LogP contribution in [0.2, 0.25) is 0 Å². The van der Waals surface area contributed by atoms with Gasteiger partial charge in [-0.05, 0) is 17.7 Å². The van der Waals surface area contributed by atoms with Crippen LogP contribution in [0.25, 0.3) is 0 Å². The molecule has 4 rings (SSSR count). The fourth-order valence-electron chi connectivity index (χ4n) is 3.63. The minimum absolute atomic E-state index is 0.297. The molecule has 156 valence electrons. The van der Waals surface area contributed by atoms with Gasteiger partial charge in [0.2, 0.25) is 0 Å². The van der Waals surface area contributed by atoms with Crippen LogP contribution < -0.4 is 4.74 Å². The third-order valence-electron chi connectivity index (χ3n) is 5.21. The predicted octanol–water partition coefficient (Wildman–Crippen LogP) is 2.43. The van der Waals surface area contributed by atoms with E-state index in [9.17, 15) is 5.11 Å². The lowest BCUT2D eigenvalue weighted by molar-refractivity contribution is -0.363. The van der Waals surface area contributed by atoms with Crippen molar-refractivity contribution in [3.8, 4) is 5.75 Å². The van der Waals surface area contributed by atoms with Crippen molar-refractivity contribution in [2.24, 2.45) is 0 Å². The van der Waals surface area contributed by atoms with E-state index >= 15 is 0 Å². The van der Waals surface area contributed by atoms with Gasteiger partial charge in [-0.3, -0.25) is 0 Å². The fraction of sp³-hybridized carbons (Fsp3) is 0.455. The van der Waals surface area contributed by atoms with Gasteiger partial charge in [-0.2, -0.15) is 0 Å². The van der Waals surface area contributed by atoms with Crippen LogP contribution in [0.5, 0.6) is 5.75 Å². The van der Waals surface area contributed by atoms with Crippen LogP contribution in [0, 0.1) is 0 Å². The Kier molecular flexibility index (Phi) is 6.44. The number of rotatable bonds is 6. The highest BCUT2D eigenvalue weighted by atomic mass is 16.8. The van der Waals surface area contributed by atoms with E-state index in [0.717, 1.165) is 16.9 Å². The van der Waals surface area contributed by atoms with Crippen LogP contribution in [0.15, 0.2) is 54.6 Å². The molecule has 0 aliphatic carbocycles. The third-order valence-corrected chi connectivity index (χ3v) is 5.21. The van der Waals surface area contributed by atoms with Gasteiger partial charge in [0.05, 0.1) is 20.3 Å². The Labute approximate surface area is 170 Å². The molecule has 29 heavy (non-hydrogen) atoms. The summed E-state index contributed by atoms with van der Waals surface area (Å²) in [5.74, 6) is 0.773. The highest BCUT2D eigenvalue weighted by Gasteiger charge is 2.50. The first-order valence-corrected chi connectivity index (χ1v) is 9.62. The molecule has 2 saturated heterocycles. The molecule has 0 bridgehead atoms. The maximum absolute atomic E-state index is 11.0. The maximum atomic E-state index is 11.0. The molecule has 3 unspecified atom stereocenters. The Hall–Kier alpha value is -2.00. The van der Waals surface area contributed by atoms with E-state index in [0.29, 0.717) is 13.2 Å². The lowest BCUT2D eigenvalue weighted by atomic mass is 9.97. The Balaban J connectivity index is 1.44. The second-order valence-electron chi connectivity index (χ2n) is 7.07. The van der Waals surface area contributed by atoms with Crippen molar-refractivity contribution in [1.29, 1.82) is 0 Å². The van der Waals surface area contributed by atoms with Crippen molar-refractivity contribution in [2.75, 3.05) is 20.8 Å². The monoisotopic (exact) mass is 402 g/mol. The van der Waals surface area contributed by atoms with Gasteiger partial charge in [-0.15, -0.1) is 0 Å². The average molecular weight is 402 g/mol. The number of ether oxygens (including phenoxy) is 6. The van der Waals surface area contributed by atoms with Gasteiger partial charge < -0.3 is 33.5 Å². The molecule has 2 aliphatic rings. The lowest BCUT2D eigenvalue weighted by Gasteiger charge is -2.47. The summed E-state index contributed by atoms with van der Waals surface area (Å²) in [5.41, 5.74) is 1.84. The van der Waals surface area contributed by atoms with Crippen LogP contribution in [-0.4, -0.2) is 56.6 Å². The predicted molar refractivity (Wildman–Crippen MR) is 103 cm³/mol. The molecule has 0 amide bonds. The van der Waals surface area contributed by atoms with Crippen molar-refractivity contribution in [3.63, 3.8) is 0 Å². The first kappa shape index (κ1) is 20.3. The van der Waals surface area contributed by atoms with Crippen molar-refractivity contribution in [2.45, 2.75) is 43.6 Å². The first-order valence-electron chi connectivity index (χ1n) is 9.62. The Morgan fingerprint density at radius 3 is 2.45 bits per heavy atom. The SMILES string of the molecule is COc1ccc(COC2[C@H](OC)OC3COC(c4ccccc4)O[C@@H]3[C@@H]2O)cc1. The van der Waals surface area contributed by atoms with E-state index in [4.69, 9.17) is 28.4 Å². The molecule has 0 aromatic heterocycles. The van der Waals surface area contributed by atoms with Gasteiger partial charge in [0.1, 0.15) is 30.2 Å². The number of aliphatic hydroxyl groups excluding tert-OH is 1. The van der Waals surface area contributed by atoms with E-state index in [1.165, 1.54) is 7.11 Å². The summed E-state index contributed by atoms with van der Waals surface area (Å²) >= 11 is 0. The van der Waals surface area contributed by atoms with Gasteiger partial charge in [0.25, 0.3) is 0 Å². The van der Waals surface area contributed by atoms with Gasteiger partial charge in [0.15, 0.2) is 12.6 Å². The highest BCUT2D eigenvalue weighted by Crippen LogP contribution is 2.35. The van der Waals surface area contributed by atoms with Gasteiger partial charge in [0, 0.05) is 12.7 Å². The molecule has 0 spiro atoms. The number of fused-ring (bicyclic) bond motifs is 1. The normalized spacial score (nSPS) is 31.8. The molecule has 7 heteroatoms. The Morgan fingerprint density at radius 1 is 1.00 bits per heavy atom. The molecule has 0 radical (unpaired) electrons. The second-order valence-corrected chi connectivity index (χ2v) is 7.07. The molecular weight excluding hydrogens is 376 g/mol. The zero-order chi connectivity index (χ0) is 20.2. The van der Waals surface area contributed by atoms with E-state index in [2.05, 4.69) is 0 Å². The summed E-state index contributed by atoms with van der Waals surface area (Å²) in [4.78, 5) is 0. The molecule has 0 saturated carbocycles. The topological polar surface area (TPSA) is 75.6 Å². The first-order chi connectivity index (χ1) is 14.2. The standard InChI is InChI=1S/C22H26O7/c1-24-16-10-8-14(9-11-16)12-26-20-18(23)19-17(28-22(20)25-2)13-27-21(29-19)15-6-4-3-5-7-15/h3-11,17-23H,12-13H2,1-2H3/t17?,18-,19-,20?,21?,22+/m0/s1. The molecule has 2 aliphatic heterocycles. The van der Waals surface area contributed by atoms with Crippen molar-refractivity contribution >= 4 is 0 Å². The number of benzene rings is 2. The average Bonchev–Trinajstić information content (AvgIpc) is 2.79. The number of methoxy groups -OCH3 is 2. The van der Waals surface area contributed by atoms with Crippen LogP contribution >= 0.6 is 0 Å². The lowest BCUT2D eigenvalue weighted by Crippen LogP contribution is -2.62. The summed E-state index contributed by atoms with van der Waals surface area (Å²) in [6.07, 6.45) is -3.91.